The van der Waals surface area contributed by atoms with Crippen LogP contribution in [0.5, 0.6) is 0 Å². The molecule has 1 unspecified atom stereocenters. The van der Waals surface area contributed by atoms with E-state index >= 15 is 0 Å². The second-order valence-electron chi connectivity index (χ2n) is 7.26. The largest absolute Gasteiger partial charge is 0.379 e. The Bertz CT molecular complexity index is 869. The number of sulfonamides is 1. The summed E-state index contributed by atoms with van der Waals surface area (Å²) in [6.07, 6.45) is 0.839. The molecule has 1 aromatic carbocycles. The van der Waals surface area contributed by atoms with E-state index in [2.05, 4.69) is 9.62 Å². The van der Waals surface area contributed by atoms with Crippen molar-refractivity contribution in [1.82, 2.24) is 14.5 Å². The van der Waals surface area contributed by atoms with Crippen molar-refractivity contribution in [2.24, 2.45) is 5.92 Å². The van der Waals surface area contributed by atoms with Crippen molar-refractivity contribution in [2.75, 3.05) is 52.5 Å². The molecule has 160 valence electrons. The van der Waals surface area contributed by atoms with Crippen LogP contribution in [0.3, 0.4) is 0 Å². The van der Waals surface area contributed by atoms with Gasteiger partial charge in [0.05, 0.1) is 23.7 Å². The maximum atomic E-state index is 13.1. The quantitative estimate of drug-likeness (QED) is 0.503. The molecule has 1 amide bonds. The Kier molecular flexibility index (Phi) is 6.83. The summed E-state index contributed by atoms with van der Waals surface area (Å²) in [7, 11) is -4.03. The number of amides is 1. The molecule has 1 N–H and O–H groups in total. The molecule has 0 saturated carbocycles. The van der Waals surface area contributed by atoms with Crippen LogP contribution >= 0.6 is 0 Å². The van der Waals surface area contributed by atoms with Gasteiger partial charge < -0.3 is 9.64 Å². The van der Waals surface area contributed by atoms with Gasteiger partial charge in [0.1, 0.15) is 4.90 Å². The third-order valence-corrected chi connectivity index (χ3v) is 6.81. The highest BCUT2D eigenvalue weighted by molar-refractivity contribution is 7.89. The van der Waals surface area contributed by atoms with Crippen molar-refractivity contribution in [3.05, 3.63) is 33.9 Å². The van der Waals surface area contributed by atoms with Crippen LogP contribution in [-0.4, -0.2) is 81.5 Å². The smallest absolute Gasteiger partial charge is 0.270 e. The fourth-order valence-electron chi connectivity index (χ4n) is 3.78. The summed E-state index contributed by atoms with van der Waals surface area (Å²) in [5, 5.41) is 11.1. The Balaban J connectivity index is 1.78. The third-order valence-electron chi connectivity index (χ3n) is 5.22. The molecule has 10 nitrogen and oxygen atoms in total. The Morgan fingerprint density at radius 3 is 2.69 bits per heavy atom. The molecule has 2 heterocycles. The van der Waals surface area contributed by atoms with Gasteiger partial charge in [-0.3, -0.25) is 19.8 Å². The highest BCUT2D eigenvalue weighted by Crippen LogP contribution is 2.26. The zero-order valence-electron chi connectivity index (χ0n) is 16.4. The number of carbonyl (C=O) groups excluding carboxylic acids is 1. The van der Waals surface area contributed by atoms with E-state index in [0.29, 0.717) is 32.2 Å². The minimum Gasteiger partial charge on any atom is -0.379 e. The molecule has 0 spiro atoms. The topological polar surface area (TPSA) is 122 Å². The van der Waals surface area contributed by atoms with Crippen LogP contribution in [0.15, 0.2) is 23.1 Å². The van der Waals surface area contributed by atoms with E-state index in [-0.39, 0.29) is 22.7 Å². The number of nitrogens with one attached hydrogen (secondary N) is 1. The molecule has 3 rings (SSSR count). The monoisotopic (exact) mass is 426 g/mol. The molecule has 2 aliphatic rings. The maximum absolute atomic E-state index is 13.1. The van der Waals surface area contributed by atoms with Crippen molar-refractivity contribution in [1.29, 1.82) is 0 Å². The van der Waals surface area contributed by atoms with E-state index in [1.165, 1.54) is 12.1 Å². The maximum Gasteiger partial charge on any atom is 0.270 e. The summed E-state index contributed by atoms with van der Waals surface area (Å²) < 4.78 is 32.8. The zero-order valence-corrected chi connectivity index (χ0v) is 17.2. The van der Waals surface area contributed by atoms with Crippen LogP contribution in [0, 0.1) is 16.0 Å². The Labute approximate surface area is 170 Å². The Morgan fingerprint density at radius 1 is 1.31 bits per heavy atom. The van der Waals surface area contributed by atoms with Gasteiger partial charge in [-0.1, -0.05) is 6.92 Å². The lowest BCUT2D eigenvalue weighted by molar-refractivity contribution is -0.385. The van der Waals surface area contributed by atoms with Gasteiger partial charge >= 0.3 is 0 Å². The highest BCUT2D eigenvalue weighted by Gasteiger charge is 2.32. The second-order valence-corrected chi connectivity index (χ2v) is 8.99. The first-order valence-corrected chi connectivity index (χ1v) is 11.2. The molecule has 0 aromatic heterocycles. The number of nitrogens with zero attached hydrogens (tertiary/aromatic N) is 3. The molecule has 1 aromatic rings. The molecule has 2 fully saturated rings. The number of non-ortho nitro benzene ring substituents is 1. The molecular formula is C18H26N4O6S. The number of morpholine rings is 1. The van der Waals surface area contributed by atoms with E-state index < -0.39 is 20.9 Å². The van der Waals surface area contributed by atoms with E-state index in [0.717, 1.165) is 32.1 Å². The van der Waals surface area contributed by atoms with Crippen LogP contribution in [-0.2, 0) is 14.8 Å². The number of nitro benzene ring substituents is 1. The van der Waals surface area contributed by atoms with E-state index in [4.69, 9.17) is 4.74 Å². The molecule has 1 atom stereocenters. The van der Waals surface area contributed by atoms with Gasteiger partial charge in [-0.05, 0) is 18.4 Å². The number of rotatable bonds is 7. The SMILES string of the molecule is CCNS(=O)(=O)c1cc([N+](=O)[O-])ccc1C(=O)N1CCC(CN2CCOCC2)C1. The summed E-state index contributed by atoms with van der Waals surface area (Å²) in [6, 6.07) is 3.35. The van der Waals surface area contributed by atoms with Crippen LogP contribution < -0.4 is 4.72 Å². The van der Waals surface area contributed by atoms with Gasteiger partial charge in [0, 0.05) is 51.4 Å². The van der Waals surface area contributed by atoms with E-state index in [9.17, 15) is 23.3 Å². The van der Waals surface area contributed by atoms with Crippen molar-refractivity contribution in [3.8, 4) is 0 Å². The molecule has 0 radical (unpaired) electrons. The van der Waals surface area contributed by atoms with Crippen LogP contribution in [0.4, 0.5) is 5.69 Å². The normalized spacial score (nSPS) is 20.7. The van der Waals surface area contributed by atoms with Crippen molar-refractivity contribution >= 4 is 21.6 Å². The Morgan fingerprint density at radius 2 is 2.03 bits per heavy atom. The second kappa shape index (κ2) is 9.16. The Hall–Kier alpha value is -2.08. The lowest BCUT2D eigenvalue weighted by Gasteiger charge is -2.29. The minimum absolute atomic E-state index is 0.0384. The molecule has 11 heteroatoms. The van der Waals surface area contributed by atoms with Gasteiger partial charge in [0.2, 0.25) is 10.0 Å². The van der Waals surface area contributed by atoms with E-state index in [1.54, 1.807) is 11.8 Å². The van der Waals surface area contributed by atoms with Gasteiger partial charge in [-0.25, -0.2) is 13.1 Å². The van der Waals surface area contributed by atoms with Crippen molar-refractivity contribution < 1.29 is 22.9 Å². The van der Waals surface area contributed by atoms with E-state index in [1.807, 2.05) is 0 Å². The minimum atomic E-state index is -4.03. The third kappa shape index (κ3) is 5.10. The summed E-state index contributed by atoms with van der Waals surface area (Å²) in [5.74, 6) is -0.107. The number of hydrogen-bond donors (Lipinski definition) is 1. The summed E-state index contributed by atoms with van der Waals surface area (Å²) in [4.78, 5) is 27.1. The summed E-state index contributed by atoms with van der Waals surface area (Å²) in [5.41, 5.74) is -0.409. The summed E-state index contributed by atoms with van der Waals surface area (Å²) >= 11 is 0. The average molecular weight is 426 g/mol. The predicted molar refractivity (Wildman–Crippen MR) is 105 cm³/mol. The van der Waals surface area contributed by atoms with Crippen LogP contribution in [0.1, 0.15) is 23.7 Å². The lowest BCUT2D eigenvalue weighted by Crippen LogP contribution is -2.40. The number of nitro groups is 1. The predicted octanol–water partition coefficient (Wildman–Crippen LogP) is 0.687. The zero-order chi connectivity index (χ0) is 21.0. The number of ether oxygens (including phenoxy) is 1. The number of carbonyl (C=O) groups is 1. The molecular weight excluding hydrogens is 400 g/mol. The fraction of sp³-hybridized carbons (Fsp3) is 0.611. The number of benzene rings is 1. The van der Waals surface area contributed by atoms with Gasteiger partial charge in [0.15, 0.2) is 0 Å². The first-order chi connectivity index (χ1) is 13.8. The van der Waals surface area contributed by atoms with Crippen LogP contribution in [0.2, 0.25) is 0 Å². The first-order valence-electron chi connectivity index (χ1n) is 9.69. The molecule has 0 bridgehead atoms. The van der Waals surface area contributed by atoms with Crippen molar-refractivity contribution in [2.45, 2.75) is 18.2 Å². The summed E-state index contributed by atoms with van der Waals surface area (Å²) in [6.45, 7) is 6.83. The highest BCUT2D eigenvalue weighted by atomic mass is 32.2. The van der Waals surface area contributed by atoms with Gasteiger partial charge in [0.25, 0.3) is 11.6 Å². The van der Waals surface area contributed by atoms with Crippen molar-refractivity contribution in [3.63, 3.8) is 0 Å². The standard InChI is InChI=1S/C18H26N4O6S/c1-2-19-29(26,27)17-11-15(22(24)25)3-4-16(17)18(23)21-6-5-14(13-21)12-20-7-9-28-10-8-20/h3-4,11,14,19H,2,5-10,12-13H2,1H3. The number of hydrogen-bond acceptors (Lipinski definition) is 7. The van der Waals surface area contributed by atoms with Gasteiger partial charge in [-0.2, -0.15) is 0 Å². The first kappa shape index (κ1) is 21.6. The molecule has 2 saturated heterocycles. The fourth-order valence-corrected chi connectivity index (χ4v) is 5.03. The molecule has 0 aliphatic carbocycles. The number of likely N-dealkylation sites (tertiary alicyclic amines) is 1. The molecule has 29 heavy (non-hydrogen) atoms. The average Bonchev–Trinajstić information content (AvgIpc) is 3.16. The molecule has 2 aliphatic heterocycles. The van der Waals surface area contributed by atoms with Crippen LogP contribution in [0.25, 0.3) is 0 Å². The van der Waals surface area contributed by atoms with Gasteiger partial charge in [-0.15, -0.1) is 0 Å². The lowest BCUT2D eigenvalue weighted by atomic mass is 10.1.